The number of fused-ring (bicyclic) bond motifs is 1. The number of ether oxygens (including phenoxy) is 1. The maximum atomic E-state index is 13.7. The molecule has 1 heterocycles. The Balaban J connectivity index is 1.17. The van der Waals surface area contributed by atoms with Crippen molar-refractivity contribution in [2.24, 2.45) is 0 Å². The number of carbonyl (C=O) groups excluding carboxylic acids is 3. The smallest absolute Gasteiger partial charge is 0.272 e. The molecule has 3 amide bonds. The number of nitrogens with one attached hydrogen (secondary N) is 4. The standard InChI is InChI=1S/C42H38N4O4S/c1-2-3-26-50-34-22-18-32(19-23-34)45-42(49)39(29-12-6-4-7-13-29)51-35-24-20-33(21-25-35)44-41(48)38(46-40(47)30-14-8-5-9-15-30)27-31-28-43-37-17-11-10-16-36(31)37/h4-25,27-28,39,43H,2-3,26H2,1H3,(H,44,48)(H,45,49)(H,46,47)/b38-27-. The zero-order chi connectivity index (χ0) is 35.4. The molecule has 9 heteroatoms. The topological polar surface area (TPSA) is 112 Å². The Morgan fingerprint density at radius 2 is 1.41 bits per heavy atom. The average Bonchev–Trinajstić information content (AvgIpc) is 3.58. The fraction of sp³-hybridized carbons (Fsp3) is 0.119. The first-order valence-electron chi connectivity index (χ1n) is 16.8. The number of rotatable bonds is 14. The third kappa shape index (κ3) is 9.35. The molecule has 0 aliphatic heterocycles. The molecule has 6 aromatic rings. The molecule has 0 radical (unpaired) electrons. The molecular weight excluding hydrogens is 657 g/mol. The lowest BCUT2D eigenvalue weighted by molar-refractivity contribution is -0.116. The zero-order valence-corrected chi connectivity index (χ0v) is 28.9. The van der Waals surface area contributed by atoms with Crippen molar-refractivity contribution in [2.75, 3.05) is 17.2 Å². The van der Waals surface area contributed by atoms with E-state index >= 15 is 0 Å². The van der Waals surface area contributed by atoms with Crippen LogP contribution in [0.5, 0.6) is 5.75 Å². The number of para-hydroxylation sites is 1. The van der Waals surface area contributed by atoms with Crippen molar-refractivity contribution >= 4 is 57.8 Å². The molecule has 6 rings (SSSR count). The minimum Gasteiger partial charge on any atom is -0.494 e. The second kappa shape index (κ2) is 17.0. The number of thioether (sulfide) groups is 1. The zero-order valence-electron chi connectivity index (χ0n) is 28.1. The maximum Gasteiger partial charge on any atom is 0.272 e. The van der Waals surface area contributed by atoms with Crippen molar-refractivity contribution in [3.05, 3.63) is 162 Å². The lowest BCUT2D eigenvalue weighted by Crippen LogP contribution is -2.30. The first kappa shape index (κ1) is 34.8. The molecule has 1 unspecified atom stereocenters. The van der Waals surface area contributed by atoms with E-state index < -0.39 is 17.1 Å². The largest absolute Gasteiger partial charge is 0.494 e. The Hall–Kier alpha value is -6.06. The van der Waals surface area contributed by atoms with Gasteiger partial charge in [0.15, 0.2) is 0 Å². The summed E-state index contributed by atoms with van der Waals surface area (Å²) in [6, 6.07) is 40.8. The Labute approximate surface area is 301 Å². The predicted octanol–water partition coefficient (Wildman–Crippen LogP) is 9.23. The predicted molar refractivity (Wildman–Crippen MR) is 206 cm³/mol. The highest BCUT2D eigenvalue weighted by molar-refractivity contribution is 8.00. The van der Waals surface area contributed by atoms with Crippen LogP contribution in [0, 0.1) is 0 Å². The lowest BCUT2D eigenvalue weighted by Gasteiger charge is -2.18. The van der Waals surface area contributed by atoms with Crippen molar-refractivity contribution in [1.29, 1.82) is 0 Å². The molecular formula is C42H38N4O4S. The van der Waals surface area contributed by atoms with E-state index in [-0.39, 0.29) is 11.6 Å². The SMILES string of the molecule is CCCCOc1ccc(NC(=O)C(Sc2ccc(NC(=O)/C(=C/c3c[nH]c4ccccc34)NC(=O)c3ccccc3)cc2)c2ccccc2)cc1. The number of carbonyl (C=O) groups is 3. The van der Waals surface area contributed by atoms with Crippen molar-refractivity contribution in [1.82, 2.24) is 10.3 Å². The van der Waals surface area contributed by atoms with Crippen molar-refractivity contribution in [3.63, 3.8) is 0 Å². The van der Waals surface area contributed by atoms with Crippen LogP contribution in [0.1, 0.15) is 46.5 Å². The summed E-state index contributed by atoms with van der Waals surface area (Å²) in [6.45, 7) is 2.78. The minimum atomic E-state index is -0.536. The number of anilines is 2. The van der Waals surface area contributed by atoms with Crippen LogP contribution < -0.4 is 20.7 Å². The summed E-state index contributed by atoms with van der Waals surface area (Å²) in [4.78, 5) is 44.5. The van der Waals surface area contributed by atoms with Gasteiger partial charge in [0.05, 0.1) is 6.61 Å². The lowest BCUT2D eigenvalue weighted by atomic mass is 10.1. The summed E-state index contributed by atoms with van der Waals surface area (Å²) in [5.41, 5.74) is 4.27. The highest BCUT2D eigenvalue weighted by atomic mass is 32.2. The Kier molecular flexibility index (Phi) is 11.6. The number of benzene rings is 5. The van der Waals surface area contributed by atoms with Crippen LogP contribution in [-0.4, -0.2) is 29.3 Å². The van der Waals surface area contributed by atoms with Gasteiger partial charge < -0.3 is 25.7 Å². The third-order valence-electron chi connectivity index (χ3n) is 8.04. The normalized spacial score (nSPS) is 11.8. The molecule has 4 N–H and O–H groups in total. The van der Waals surface area contributed by atoms with Gasteiger partial charge in [0.2, 0.25) is 5.91 Å². The summed E-state index contributed by atoms with van der Waals surface area (Å²) >= 11 is 1.41. The summed E-state index contributed by atoms with van der Waals surface area (Å²) in [6.07, 6.45) is 5.51. The number of hydrogen-bond acceptors (Lipinski definition) is 5. The molecule has 0 aliphatic carbocycles. The van der Waals surface area contributed by atoms with Crippen molar-refractivity contribution in [3.8, 4) is 5.75 Å². The molecule has 1 aromatic heterocycles. The van der Waals surface area contributed by atoms with Crippen LogP contribution in [0.3, 0.4) is 0 Å². The first-order valence-corrected chi connectivity index (χ1v) is 17.7. The maximum absolute atomic E-state index is 13.7. The molecule has 256 valence electrons. The van der Waals surface area contributed by atoms with Crippen LogP contribution in [0.2, 0.25) is 0 Å². The van der Waals surface area contributed by atoms with Crippen LogP contribution in [0.15, 0.2) is 150 Å². The van der Waals surface area contributed by atoms with Gasteiger partial charge in [-0.1, -0.05) is 80.1 Å². The molecule has 0 saturated carbocycles. The van der Waals surface area contributed by atoms with Gasteiger partial charge in [0, 0.05) is 44.5 Å². The summed E-state index contributed by atoms with van der Waals surface area (Å²) in [5.74, 6) is -0.274. The van der Waals surface area contributed by atoms with Gasteiger partial charge in [-0.15, -0.1) is 11.8 Å². The minimum absolute atomic E-state index is 0.0911. The summed E-state index contributed by atoms with van der Waals surface area (Å²) in [5, 5.41) is 9.15. The molecule has 0 saturated heterocycles. The van der Waals surface area contributed by atoms with Crippen LogP contribution >= 0.6 is 11.8 Å². The number of H-pyrrole nitrogens is 1. The molecule has 0 fully saturated rings. The van der Waals surface area contributed by atoms with E-state index in [0.29, 0.717) is 23.5 Å². The third-order valence-corrected chi connectivity index (χ3v) is 9.31. The molecule has 51 heavy (non-hydrogen) atoms. The molecule has 8 nitrogen and oxygen atoms in total. The first-order chi connectivity index (χ1) is 25.0. The summed E-state index contributed by atoms with van der Waals surface area (Å²) in [7, 11) is 0. The van der Waals surface area contributed by atoms with E-state index in [2.05, 4.69) is 27.9 Å². The van der Waals surface area contributed by atoms with E-state index in [1.807, 2.05) is 97.1 Å². The van der Waals surface area contributed by atoms with Crippen LogP contribution in [0.4, 0.5) is 11.4 Å². The van der Waals surface area contributed by atoms with E-state index in [1.165, 1.54) is 11.8 Å². The van der Waals surface area contributed by atoms with Crippen molar-refractivity contribution in [2.45, 2.75) is 29.9 Å². The Morgan fingerprint density at radius 1 is 0.765 bits per heavy atom. The van der Waals surface area contributed by atoms with Crippen LogP contribution in [-0.2, 0) is 9.59 Å². The van der Waals surface area contributed by atoms with Crippen LogP contribution in [0.25, 0.3) is 17.0 Å². The highest BCUT2D eigenvalue weighted by Crippen LogP contribution is 2.37. The van der Waals surface area contributed by atoms with Gasteiger partial charge in [-0.2, -0.15) is 0 Å². The van der Waals surface area contributed by atoms with E-state index in [1.54, 1.807) is 48.7 Å². The Bertz CT molecular complexity index is 2110. The fourth-order valence-corrected chi connectivity index (χ4v) is 6.36. The number of aromatic nitrogens is 1. The Morgan fingerprint density at radius 3 is 2.14 bits per heavy atom. The highest BCUT2D eigenvalue weighted by Gasteiger charge is 2.23. The molecule has 0 aliphatic rings. The molecule has 0 bridgehead atoms. The van der Waals surface area contributed by atoms with Gasteiger partial charge in [-0.25, -0.2) is 0 Å². The summed E-state index contributed by atoms with van der Waals surface area (Å²) < 4.78 is 5.76. The van der Waals surface area contributed by atoms with E-state index in [0.717, 1.165) is 45.5 Å². The number of amides is 3. The average molecular weight is 695 g/mol. The number of unbranched alkanes of at least 4 members (excludes halogenated alkanes) is 1. The van der Waals surface area contributed by atoms with Crippen molar-refractivity contribution < 1.29 is 19.1 Å². The molecule has 1 atom stereocenters. The molecule has 5 aromatic carbocycles. The van der Waals surface area contributed by atoms with Gasteiger partial charge in [-0.3, -0.25) is 14.4 Å². The van der Waals surface area contributed by atoms with E-state index in [9.17, 15) is 14.4 Å². The number of hydrogen-bond donors (Lipinski definition) is 4. The van der Waals surface area contributed by atoms with Gasteiger partial charge in [0.25, 0.3) is 11.8 Å². The second-order valence-electron chi connectivity index (χ2n) is 11.8. The fourth-order valence-electron chi connectivity index (χ4n) is 5.34. The number of aromatic amines is 1. The van der Waals surface area contributed by atoms with Gasteiger partial charge in [-0.05, 0) is 84.8 Å². The monoisotopic (exact) mass is 694 g/mol. The quantitative estimate of drug-likeness (QED) is 0.0516. The second-order valence-corrected chi connectivity index (χ2v) is 12.9. The van der Waals surface area contributed by atoms with Gasteiger partial charge >= 0.3 is 0 Å². The van der Waals surface area contributed by atoms with Gasteiger partial charge in [0.1, 0.15) is 16.7 Å². The molecule has 0 spiro atoms. The van der Waals surface area contributed by atoms with E-state index in [4.69, 9.17) is 4.74 Å².